The second-order valence-electron chi connectivity index (χ2n) is 5.18. The molecular formula is C14H30O. The van der Waals surface area contributed by atoms with E-state index in [4.69, 9.17) is 0 Å². The van der Waals surface area contributed by atoms with Crippen LogP contribution in [0.25, 0.3) is 0 Å². The highest BCUT2D eigenvalue weighted by atomic mass is 16.3. The van der Waals surface area contributed by atoms with Gasteiger partial charge in [0.15, 0.2) is 0 Å². The summed E-state index contributed by atoms with van der Waals surface area (Å²) < 4.78 is 0. The molecule has 0 radical (unpaired) electrons. The van der Waals surface area contributed by atoms with Crippen LogP contribution in [0.3, 0.4) is 0 Å². The fourth-order valence-electron chi connectivity index (χ4n) is 2.18. The predicted molar refractivity (Wildman–Crippen MR) is 68.0 cm³/mol. The summed E-state index contributed by atoms with van der Waals surface area (Å²) in [5, 5.41) is 9.83. The van der Waals surface area contributed by atoms with E-state index in [2.05, 4.69) is 27.7 Å². The fourth-order valence-corrected chi connectivity index (χ4v) is 2.18. The van der Waals surface area contributed by atoms with Crippen molar-refractivity contribution in [2.75, 3.05) is 0 Å². The highest BCUT2D eigenvalue weighted by Crippen LogP contribution is 2.24. The van der Waals surface area contributed by atoms with Crippen LogP contribution in [-0.4, -0.2) is 11.2 Å². The first kappa shape index (κ1) is 15.0. The van der Waals surface area contributed by atoms with Crippen LogP contribution >= 0.6 is 0 Å². The SMILES string of the molecule is CCCCCC(CC(O)CCC)C(C)C. The first-order chi connectivity index (χ1) is 7.11. The number of aliphatic hydroxyl groups is 1. The van der Waals surface area contributed by atoms with E-state index in [1.54, 1.807) is 0 Å². The van der Waals surface area contributed by atoms with Gasteiger partial charge in [-0.15, -0.1) is 0 Å². The first-order valence-electron chi connectivity index (χ1n) is 6.79. The van der Waals surface area contributed by atoms with Gasteiger partial charge in [-0.1, -0.05) is 59.8 Å². The van der Waals surface area contributed by atoms with Gasteiger partial charge in [0.05, 0.1) is 6.10 Å². The highest BCUT2D eigenvalue weighted by molar-refractivity contribution is 4.68. The van der Waals surface area contributed by atoms with Crippen molar-refractivity contribution in [1.82, 2.24) is 0 Å². The van der Waals surface area contributed by atoms with Gasteiger partial charge in [-0.05, 0) is 24.7 Å². The standard InChI is InChI=1S/C14H30O/c1-5-7-8-10-13(12(3)4)11-14(15)9-6-2/h12-15H,5-11H2,1-4H3. The first-order valence-corrected chi connectivity index (χ1v) is 6.79. The van der Waals surface area contributed by atoms with Crippen LogP contribution < -0.4 is 0 Å². The number of hydrogen-bond donors (Lipinski definition) is 1. The maximum Gasteiger partial charge on any atom is 0.0542 e. The molecule has 0 rings (SSSR count). The Morgan fingerprint density at radius 2 is 1.60 bits per heavy atom. The van der Waals surface area contributed by atoms with E-state index < -0.39 is 0 Å². The number of aliphatic hydroxyl groups excluding tert-OH is 1. The van der Waals surface area contributed by atoms with E-state index >= 15 is 0 Å². The lowest BCUT2D eigenvalue weighted by molar-refractivity contribution is 0.115. The maximum absolute atomic E-state index is 9.83. The molecule has 2 atom stereocenters. The zero-order valence-electron chi connectivity index (χ0n) is 11.1. The van der Waals surface area contributed by atoms with Crippen molar-refractivity contribution >= 4 is 0 Å². The van der Waals surface area contributed by atoms with Crippen molar-refractivity contribution in [2.45, 2.75) is 78.7 Å². The lowest BCUT2D eigenvalue weighted by Crippen LogP contribution is -2.17. The van der Waals surface area contributed by atoms with E-state index in [1.807, 2.05) is 0 Å². The lowest BCUT2D eigenvalue weighted by atomic mass is 9.85. The predicted octanol–water partition coefficient (Wildman–Crippen LogP) is 4.39. The molecule has 0 aliphatic rings. The molecule has 0 aromatic carbocycles. The molecule has 0 saturated heterocycles. The normalized spacial score (nSPS) is 15.6. The van der Waals surface area contributed by atoms with Crippen LogP contribution in [0.15, 0.2) is 0 Å². The van der Waals surface area contributed by atoms with E-state index in [0.29, 0.717) is 5.92 Å². The minimum atomic E-state index is -0.0657. The molecule has 0 spiro atoms. The molecule has 0 fully saturated rings. The highest BCUT2D eigenvalue weighted by Gasteiger charge is 2.16. The smallest absolute Gasteiger partial charge is 0.0542 e. The van der Waals surface area contributed by atoms with Gasteiger partial charge >= 0.3 is 0 Å². The molecular weight excluding hydrogens is 184 g/mol. The van der Waals surface area contributed by atoms with E-state index in [1.165, 1.54) is 25.7 Å². The Kier molecular flexibility index (Phi) is 9.18. The summed E-state index contributed by atoms with van der Waals surface area (Å²) in [7, 11) is 0. The van der Waals surface area contributed by atoms with Gasteiger partial charge < -0.3 is 5.11 Å². The largest absolute Gasteiger partial charge is 0.393 e. The van der Waals surface area contributed by atoms with E-state index in [0.717, 1.165) is 25.2 Å². The Labute approximate surface area is 96.3 Å². The zero-order chi connectivity index (χ0) is 11.7. The van der Waals surface area contributed by atoms with Gasteiger partial charge in [0, 0.05) is 0 Å². The Balaban J connectivity index is 3.82. The molecule has 0 aromatic heterocycles. The van der Waals surface area contributed by atoms with Crippen LogP contribution in [0, 0.1) is 11.8 Å². The van der Waals surface area contributed by atoms with Crippen LogP contribution in [0.1, 0.15) is 72.6 Å². The summed E-state index contributed by atoms with van der Waals surface area (Å²) in [4.78, 5) is 0. The average Bonchev–Trinajstić information content (AvgIpc) is 2.16. The molecule has 1 N–H and O–H groups in total. The topological polar surface area (TPSA) is 20.2 Å². The van der Waals surface area contributed by atoms with Gasteiger partial charge in [-0.25, -0.2) is 0 Å². The molecule has 0 saturated carbocycles. The molecule has 0 aliphatic carbocycles. The van der Waals surface area contributed by atoms with Crippen LogP contribution in [-0.2, 0) is 0 Å². The molecule has 0 aromatic rings. The lowest BCUT2D eigenvalue weighted by Gasteiger charge is -2.23. The Hall–Kier alpha value is -0.0400. The molecule has 1 heteroatoms. The second-order valence-corrected chi connectivity index (χ2v) is 5.18. The van der Waals surface area contributed by atoms with Gasteiger partial charge in [0.1, 0.15) is 0 Å². The minimum Gasteiger partial charge on any atom is -0.393 e. The average molecular weight is 214 g/mol. The number of unbranched alkanes of at least 4 members (excludes halogenated alkanes) is 2. The number of rotatable bonds is 9. The minimum absolute atomic E-state index is 0.0657. The molecule has 2 unspecified atom stereocenters. The second kappa shape index (κ2) is 9.21. The van der Waals surface area contributed by atoms with Gasteiger partial charge in [-0.3, -0.25) is 0 Å². The Morgan fingerprint density at radius 1 is 0.933 bits per heavy atom. The van der Waals surface area contributed by atoms with Crippen molar-refractivity contribution in [3.8, 4) is 0 Å². The van der Waals surface area contributed by atoms with E-state index in [9.17, 15) is 5.11 Å². The van der Waals surface area contributed by atoms with Crippen molar-refractivity contribution in [2.24, 2.45) is 11.8 Å². The summed E-state index contributed by atoms with van der Waals surface area (Å²) in [6.07, 6.45) is 8.27. The van der Waals surface area contributed by atoms with Gasteiger partial charge in [0.25, 0.3) is 0 Å². The third-order valence-corrected chi connectivity index (χ3v) is 3.32. The summed E-state index contributed by atoms with van der Waals surface area (Å²) in [5.41, 5.74) is 0. The molecule has 92 valence electrons. The van der Waals surface area contributed by atoms with E-state index in [-0.39, 0.29) is 6.10 Å². The molecule has 1 nitrogen and oxygen atoms in total. The van der Waals surface area contributed by atoms with Gasteiger partial charge in [0.2, 0.25) is 0 Å². The molecule has 0 amide bonds. The summed E-state index contributed by atoms with van der Waals surface area (Å²) >= 11 is 0. The van der Waals surface area contributed by atoms with Crippen molar-refractivity contribution < 1.29 is 5.11 Å². The quantitative estimate of drug-likeness (QED) is 0.564. The summed E-state index contributed by atoms with van der Waals surface area (Å²) in [6, 6.07) is 0. The maximum atomic E-state index is 9.83. The van der Waals surface area contributed by atoms with Crippen molar-refractivity contribution in [3.05, 3.63) is 0 Å². The molecule has 0 aliphatic heterocycles. The molecule has 0 heterocycles. The van der Waals surface area contributed by atoms with Crippen LogP contribution in [0.4, 0.5) is 0 Å². The molecule has 0 bridgehead atoms. The Morgan fingerprint density at radius 3 is 2.07 bits per heavy atom. The monoisotopic (exact) mass is 214 g/mol. The van der Waals surface area contributed by atoms with Crippen molar-refractivity contribution in [3.63, 3.8) is 0 Å². The summed E-state index contributed by atoms with van der Waals surface area (Å²) in [5.74, 6) is 1.44. The Bertz CT molecular complexity index is 131. The number of hydrogen-bond acceptors (Lipinski definition) is 1. The van der Waals surface area contributed by atoms with Crippen LogP contribution in [0.2, 0.25) is 0 Å². The van der Waals surface area contributed by atoms with Gasteiger partial charge in [-0.2, -0.15) is 0 Å². The fraction of sp³-hybridized carbons (Fsp3) is 1.00. The zero-order valence-corrected chi connectivity index (χ0v) is 11.1. The third-order valence-electron chi connectivity index (χ3n) is 3.32. The molecule has 15 heavy (non-hydrogen) atoms. The summed E-state index contributed by atoms with van der Waals surface area (Å²) in [6.45, 7) is 8.96. The van der Waals surface area contributed by atoms with Crippen molar-refractivity contribution in [1.29, 1.82) is 0 Å². The third kappa shape index (κ3) is 7.84. The van der Waals surface area contributed by atoms with Crippen LogP contribution in [0.5, 0.6) is 0 Å².